The molecule has 1 aliphatic heterocycles. The van der Waals surface area contributed by atoms with Crippen LogP contribution in [-0.2, 0) is 17.8 Å². The Balaban J connectivity index is 1.62. The van der Waals surface area contributed by atoms with Gasteiger partial charge < -0.3 is 10.1 Å². The molecule has 2 aliphatic rings. The summed E-state index contributed by atoms with van der Waals surface area (Å²) in [5, 5.41) is 7.59. The first-order valence-corrected chi connectivity index (χ1v) is 7.14. The van der Waals surface area contributed by atoms with E-state index < -0.39 is 0 Å². The van der Waals surface area contributed by atoms with E-state index in [0.29, 0.717) is 6.10 Å². The SMILES string of the molecule is CNCc1ccnn1CC1CCC2(CCCC2)O1. The molecule has 1 unspecified atom stereocenters. The summed E-state index contributed by atoms with van der Waals surface area (Å²) in [6.07, 6.45) is 9.92. The molecule has 1 atom stereocenters. The van der Waals surface area contributed by atoms with E-state index in [1.165, 1.54) is 44.2 Å². The van der Waals surface area contributed by atoms with Gasteiger partial charge in [0.15, 0.2) is 0 Å². The van der Waals surface area contributed by atoms with Crippen LogP contribution in [0.3, 0.4) is 0 Å². The predicted octanol–water partition coefficient (Wildman–Crippen LogP) is 2.09. The van der Waals surface area contributed by atoms with Gasteiger partial charge in [-0.15, -0.1) is 0 Å². The maximum absolute atomic E-state index is 6.34. The third kappa shape index (κ3) is 2.31. The van der Waals surface area contributed by atoms with Crippen molar-refractivity contribution in [3.63, 3.8) is 0 Å². The van der Waals surface area contributed by atoms with Crippen molar-refractivity contribution in [1.82, 2.24) is 15.1 Å². The Morgan fingerprint density at radius 3 is 3.06 bits per heavy atom. The second-order valence-corrected chi connectivity index (χ2v) is 5.70. The minimum atomic E-state index is 0.237. The van der Waals surface area contributed by atoms with Crippen molar-refractivity contribution in [2.75, 3.05) is 7.05 Å². The molecule has 100 valence electrons. The zero-order valence-corrected chi connectivity index (χ0v) is 11.2. The van der Waals surface area contributed by atoms with Crippen LogP contribution in [0.1, 0.15) is 44.2 Å². The van der Waals surface area contributed by atoms with Gasteiger partial charge >= 0.3 is 0 Å². The van der Waals surface area contributed by atoms with Crippen LogP contribution < -0.4 is 5.32 Å². The van der Waals surface area contributed by atoms with E-state index in [0.717, 1.165) is 13.1 Å². The lowest BCUT2D eigenvalue weighted by atomic mass is 9.98. The fourth-order valence-electron chi connectivity index (χ4n) is 3.46. The van der Waals surface area contributed by atoms with Crippen molar-refractivity contribution in [2.45, 2.75) is 63.3 Å². The Kier molecular flexibility index (Phi) is 3.39. The molecule has 1 aliphatic carbocycles. The van der Waals surface area contributed by atoms with E-state index in [-0.39, 0.29) is 5.60 Å². The molecule has 1 aromatic rings. The molecule has 1 N–H and O–H groups in total. The fraction of sp³-hybridized carbons (Fsp3) is 0.786. The number of nitrogens with one attached hydrogen (secondary N) is 1. The third-order valence-corrected chi connectivity index (χ3v) is 4.39. The summed E-state index contributed by atoms with van der Waals surface area (Å²) in [6.45, 7) is 1.78. The van der Waals surface area contributed by atoms with E-state index in [2.05, 4.69) is 21.2 Å². The topological polar surface area (TPSA) is 39.1 Å². The van der Waals surface area contributed by atoms with Gasteiger partial charge in [0.2, 0.25) is 0 Å². The van der Waals surface area contributed by atoms with E-state index in [4.69, 9.17) is 4.74 Å². The molecule has 2 fully saturated rings. The van der Waals surface area contributed by atoms with Crippen molar-refractivity contribution >= 4 is 0 Å². The average Bonchev–Trinajstić information content (AvgIpc) is 3.06. The van der Waals surface area contributed by atoms with Crippen LogP contribution in [0.5, 0.6) is 0 Å². The van der Waals surface area contributed by atoms with Gasteiger partial charge in [0.25, 0.3) is 0 Å². The van der Waals surface area contributed by atoms with Crippen LogP contribution >= 0.6 is 0 Å². The second kappa shape index (κ2) is 5.02. The van der Waals surface area contributed by atoms with Crippen LogP contribution in [0.25, 0.3) is 0 Å². The van der Waals surface area contributed by atoms with Crippen molar-refractivity contribution in [3.8, 4) is 0 Å². The molecule has 1 spiro atoms. The largest absolute Gasteiger partial charge is 0.370 e. The number of ether oxygens (including phenoxy) is 1. The van der Waals surface area contributed by atoms with Gasteiger partial charge in [-0.3, -0.25) is 4.68 Å². The quantitative estimate of drug-likeness (QED) is 0.888. The van der Waals surface area contributed by atoms with Crippen LogP contribution in [0, 0.1) is 0 Å². The highest BCUT2D eigenvalue weighted by molar-refractivity contribution is 5.01. The maximum atomic E-state index is 6.34. The zero-order chi connectivity index (χ0) is 12.4. The number of hydrogen-bond donors (Lipinski definition) is 1. The first-order valence-electron chi connectivity index (χ1n) is 7.14. The Morgan fingerprint density at radius 1 is 1.44 bits per heavy atom. The van der Waals surface area contributed by atoms with Gasteiger partial charge in [0.05, 0.1) is 23.9 Å². The van der Waals surface area contributed by atoms with Crippen LogP contribution in [-0.4, -0.2) is 28.5 Å². The number of hydrogen-bond acceptors (Lipinski definition) is 3. The molecule has 1 aromatic heterocycles. The minimum absolute atomic E-state index is 0.237. The fourth-order valence-corrected chi connectivity index (χ4v) is 3.46. The first kappa shape index (κ1) is 12.2. The van der Waals surface area contributed by atoms with Crippen LogP contribution in [0.4, 0.5) is 0 Å². The number of rotatable bonds is 4. The van der Waals surface area contributed by atoms with E-state index >= 15 is 0 Å². The van der Waals surface area contributed by atoms with Crippen molar-refractivity contribution in [2.24, 2.45) is 0 Å². The average molecular weight is 249 g/mol. The first-order chi connectivity index (χ1) is 8.81. The predicted molar refractivity (Wildman–Crippen MR) is 70.3 cm³/mol. The summed E-state index contributed by atoms with van der Waals surface area (Å²) < 4.78 is 8.43. The van der Waals surface area contributed by atoms with Gasteiger partial charge in [0, 0.05) is 12.7 Å². The highest BCUT2D eigenvalue weighted by Crippen LogP contribution is 2.43. The van der Waals surface area contributed by atoms with Crippen LogP contribution in [0.2, 0.25) is 0 Å². The third-order valence-electron chi connectivity index (χ3n) is 4.39. The second-order valence-electron chi connectivity index (χ2n) is 5.70. The molecular formula is C14H23N3O. The molecule has 4 heteroatoms. The van der Waals surface area contributed by atoms with E-state index in [9.17, 15) is 0 Å². The molecule has 0 amide bonds. The van der Waals surface area contributed by atoms with Crippen molar-refractivity contribution < 1.29 is 4.74 Å². The highest BCUT2D eigenvalue weighted by atomic mass is 16.5. The van der Waals surface area contributed by atoms with E-state index in [1.807, 2.05) is 13.2 Å². The molecule has 18 heavy (non-hydrogen) atoms. The summed E-state index contributed by atoms with van der Waals surface area (Å²) in [7, 11) is 1.97. The summed E-state index contributed by atoms with van der Waals surface area (Å²) in [4.78, 5) is 0. The van der Waals surface area contributed by atoms with Crippen molar-refractivity contribution in [3.05, 3.63) is 18.0 Å². The Hall–Kier alpha value is -0.870. The zero-order valence-electron chi connectivity index (χ0n) is 11.2. The lowest BCUT2D eigenvalue weighted by Crippen LogP contribution is -2.27. The molecule has 0 radical (unpaired) electrons. The van der Waals surface area contributed by atoms with Gasteiger partial charge in [-0.25, -0.2) is 0 Å². The number of aromatic nitrogens is 2. The lowest BCUT2D eigenvalue weighted by Gasteiger charge is -2.24. The molecule has 4 nitrogen and oxygen atoms in total. The Labute approximate surface area is 109 Å². The van der Waals surface area contributed by atoms with Gasteiger partial charge in [-0.2, -0.15) is 5.10 Å². The summed E-state index contributed by atoms with van der Waals surface area (Å²) in [6, 6.07) is 2.08. The Bertz CT molecular complexity index is 395. The molecule has 1 saturated carbocycles. The summed E-state index contributed by atoms with van der Waals surface area (Å²) >= 11 is 0. The summed E-state index contributed by atoms with van der Waals surface area (Å²) in [5.41, 5.74) is 1.48. The molecule has 2 heterocycles. The standard InChI is InChI=1S/C14H23N3O/c1-15-10-12-5-9-16-17(12)11-13-4-8-14(18-13)6-2-3-7-14/h5,9,13,15H,2-4,6-8,10-11H2,1H3. The maximum Gasteiger partial charge on any atom is 0.0779 e. The summed E-state index contributed by atoms with van der Waals surface area (Å²) in [5.74, 6) is 0. The lowest BCUT2D eigenvalue weighted by molar-refractivity contribution is -0.0431. The number of nitrogens with zero attached hydrogens (tertiary/aromatic N) is 2. The highest BCUT2D eigenvalue weighted by Gasteiger charge is 2.42. The monoisotopic (exact) mass is 249 g/mol. The normalized spacial score (nSPS) is 26.2. The molecule has 0 aromatic carbocycles. The molecular weight excluding hydrogens is 226 g/mol. The molecule has 1 saturated heterocycles. The van der Waals surface area contributed by atoms with Gasteiger partial charge in [0.1, 0.15) is 0 Å². The van der Waals surface area contributed by atoms with E-state index in [1.54, 1.807) is 0 Å². The molecule has 0 bridgehead atoms. The van der Waals surface area contributed by atoms with Crippen LogP contribution in [0.15, 0.2) is 12.3 Å². The van der Waals surface area contributed by atoms with Crippen molar-refractivity contribution in [1.29, 1.82) is 0 Å². The smallest absolute Gasteiger partial charge is 0.0779 e. The van der Waals surface area contributed by atoms with Gasteiger partial charge in [-0.1, -0.05) is 12.8 Å². The van der Waals surface area contributed by atoms with Gasteiger partial charge in [-0.05, 0) is 38.8 Å². The minimum Gasteiger partial charge on any atom is -0.370 e. The Morgan fingerprint density at radius 2 is 2.28 bits per heavy atom. The molecule has 3 rings (SSSR count).